The van der Waals surface area contributed by atoms with E-state index in [1.165, 1.54) is 4.80 Å². The molecule has 0 aromatic carbocycles. The van der Waals surface area contributed by atoms with Gasteiger partial charge in [-0.1, -0.05) is 0 Å². The maximum Gasteiger partial charge on any atom is 0.191 e. The third-order valence-corrected chi connectivity index (χ3v) is 1.54. The summed E-state index contributed by atoms with van der Waals surface area (Å²) in [5, 5.41) is 14.0. The summed E-state index contributed by atoms with van der Waals surface area (Å²) in [4.78, 5) is 5.49. The zero-order valence-electron chi connectivity index (χ0n) is 8.07. The average molecular weight is 182 g/mol. The van der Waals surface area contributed by atoms with E-state index < -0.39 is 0 Å². The summed E-state index contributed by atoms with van der Waals surface area (Å²) in [6.07, 6.45) is 1.72. The Kier molecular flexibility index (Phi) is 3.24. The number of rotatable bonds is 2. The van der Waals surface area contributed by atoms with E-state index in [4.69, 9.17) is 0 Å². The van der Waals surface area contributed by atoms with E-state index in [0.717, 1.165) is 11.7 Å². The molecule has 6 heteroatoms. The highest BCUT2D eigenvalue weighted by molar-refractivity contribution is 5.79. The van der Waals surface area contributed by atoms with Gasteiger partial charge in [0.2, 0.25) is 0 Å². The van der Waals surface area contributed by atoms with Gasteiger partial charge >= 0.3 is 0 Å². The Morgan fingerprint density at radius 1 is 1.69 bits per heavy atom. The van der Waals surface area contributed by atoms with Gasteiger partial charge < -0.3 is 10.6 Å². The highest BCUT2D eigenvalue weighted by Gasteiger charge is 1.98. The first-order valence-corrected chi connectivity index (χ1v) is 4.00. The highest BCUT2D eigenvalue weighted by atomic mass is 15.4. The van der Waals surface area contributed by atoms with Crippen LogP contribution < -0.4 is 10.6 Å². The fourth-order valence-corrected chi connectivity index (χ4v) is 0.922. The minimum Gasteiger partial charge on any atom is -0.359 e. The van der Waals surface area contributed by atoms with Crippen molar-refractivity contribution in [3.63, 3.8) is 0 Å². The lowest BCUT2D eigenvalue weighted by atomic mass is 10.5. The second-order valence-corrected chi connectivity index (χ2v) is 2.50. The number of nitrogens with one attached hydrogen (secondary N) is 2. The van der Waals surface area contributed by atoms with Crippen molar-refractivity contribution >= 4 is 5.96 Å². The number of hydrogen-bond acceptors (Lipinski definition) is 3. The van der Waals surface area contributed by atoms with Gasteiger partial charge in [0, 0.05) is 21.1 Å². The van der Waals surface area contributed by atoms with Gasteiger partial charge in [-0.05, 0) is 0 Å². The van der Waals surface area contributed by atoms with Crippen LogP contribution in [0.3, 0.4) is 0 Å². The fraction of sp³-hybridized carbons (Fsp3) is 0.571. The predicted molar refractivity (Wildman–Crippen MR) is 50.3 cm³/mol. The van der Waals surface area contributed by atoms with Gasteiger partial charge in [0.05, 0.1) is 12.7 Å². The molecule has 0 saturated heterocycles. The lowest BCUT2D eigenvalue weighted by Gasteiger charge is -2.05. The second kappa shape index (κ2) is 4.44. The van der Waals surface area contributed by atoms with Gasteiger partial charge in [-0.3, -0.25) is 4.99 Å². The molecule has 0 amide bonds. The third-order valence-electron chi connectivity index (χ3n) is 1.54. The van der Waals surface area contributed by atoms with Gasteiger partial charge in [-0.15, -0.1) is 0 Å². The van der Waals surface area contributed by atoms with Crippen LogP contribution in [-0.2, 0) is 13.6 Å². The molecule has 0 saturated carbocycles. The molecule has 1 aromatic rings. The SMILES string of the molecule is CN=C(NC)NCc1cnn(C)n1. The second-order valence-electron chi connectivity index (χ2n) is 2.50. The lowest BCUT2D eigenvalue weighted by Crippen LogP contribution is -2.34. The van der Waals surface area contributed by atoms with E-state index in [1.54, 1.807) is 20.3 Å². The normalized spacial score (nSPS) is 11.5. The van der Waals surface area contributed by atoms with Crippen LogP contribution in [0.4, 0.5) is 0 Å². The number of aryl methyl sites for hydroxylation is 1. The molecule has 0 aliphatic rings. The van der Waals surface area contributed by atoms with Crippen LogP contribution in [0.15, 0.2) is 11.2 Å². The highest BCUT2D eigenvalue weighted by Crippen LogP contribution is 1.88. The summed E-state index contributed by atoms with van der Waals surface area (Å²) < 4.78 is 0. The van der Waals surface area contributed by atoms with Crippen molar-refractivity contribution in [3.8, 4) is 0 Å². The fourth-order valence-electron chi connectivity index (χ4n) is 0.922. The lowest BCUT2D eigenvalue weighted by molar-refractivity contribution is 0.641. The van der Waals surface area contributed by atoms with E-state index in [1.807, 2.05) is 7.05 Å². The molecule has 0 fully saturated rings. The first-order chi connectivity index (χ1) is 6.26. The molecule has 1 heterocycles. The van der Waals surface area contributed by atoms with E-state index in [9.17, 15) is 0 Å². The van der Waals surface area contributed by atoms with Crippen LogP contribution in [0, 0.1) is 0 Å². The van der Waals surface area contributed by atoms with Crippen LogP contribution in [0.5, 0.6) is 0 Å². The molecule has 1 aromatic heterocycles. The number of guanidine groups is 1. The quantitative estimate of drug-likeness (QED) is 0.460. The third kappa shape index (κ3) is 2.73. The smallest absolute Gasteiger partial charge is 0.191 e. The van der Waals surface area contributed by atoms with Crippen molar-refractivity contribution in [1.29, 1.82) is 0 Å². The van der Waals surface area contributed by atoms with Crippen LogP contribution in [0.2, 0.25) is 0 Å². The monoisotopic (exact) mass is 182 g/mol. The van der Waals surface area contributed by atoms with Gasteiger partial charge in [0.15, 0.2) is 5.96 Å². The molecule has 0 bridgehead atoms. The van der Waals surface area contributed by atoms with Gasteiger partial charge in [-0.25, -0.2) is 0 Å². The van der Waals surface area contributed by atoms with Crippen molar-refractivity contribution < 1.29 is 0 Å². The predicted octanol–water partition coefficient (Wildman–Crippen LogP) is -0.890. The molecule has 0 spiro atoms. The van der Waals surface area contributed by atoms with Crippen LogP contribution >= 0.6 is 0 Å². The Morgan fingerprint density at radius 3 is 2.92 bits per heavy atom. The molecule has 6 nitrogen and oxygen atoms in total. The topological polar surface area (TPSA) is 67.1 Å². The maximum atomic E-state index is 4.11. The Morgan fingerprint density at radius 2 is 2.46 bits per heavy atom. The van der Waals surface area contributed by atoms with Gasteiger partial charge in [-0.2, -0.15) is 15.0 Å². The molecule has 2 N–H and O–H groups in total. The number of aromatic nitrogens is 3. The average Bonchev–Trinajstić information content (AvgIpc) is 2.53. The molecular weight excluding hydrogens is 168 g/mol. The van der Waals surface area contributed by atoms with Gasteiger partial charge in [0.25, 0.3) is 0 Å². The minimum atomic E-state index is 0.626. The molecule has 0 aliphatic heterocycles. The molecule has 0 atom stereocenters. The van der Waals surface area contributed by atoms with Crippen LogP contribution in [-0.4, -0.2) is 35.0 Å². The van der Waals surface area contributed by atoms with E-state index in [-0.39, 0.29) is 0 Å². The Bertz CT molecular complexity index is 289. The van der Waals surface area contributed by atoms with E-state index in [2.05, 4.69) is 25.8 Å². The van der Waals surface area contributed by atoms with Crippen LogP contribution in [0.1, 0.15) is 5.69 Å². The summed E-state index contributed by atoms with van der Waals surface area (Å²) in [5.41, 5.74) is 0.888. The summed E-state index contributed by atoms with van der Waals surface area (Å²) in [6, 6.07) is 0. The largest absolute Gasteiger partial charge is 0.359 e. The Labute approximate surface area is 77.0 Å². The number of aliphatic imine (C=N–C) groups is 1. The first-order valence-electron chi connectivity index (χ1n) is 4.00. The summed E-state index contributed by atoms with van der Waals surface area (Å²) in [5.74, 6) is 0.741. The van der Waals surface area contributed by atoms with E-state index in [0.29, 0.717) is 6.54 Å². The van der Waals surface area contributed by atoms with Crippen molar-refractivity contribution in [1.82, 2.24) is 25.6 Å². The molecule has 72 valence electrons. The minimum absolute atomic E-state index is 0.626. The molecular formula is C7H14N6. The van der Waals surface area contributed by atoms with Crippen molar-refractivity contribution in [2.45, 2.75) is 6.54 Å². The first kappa shape index (κ1) is 9.50. The van der Waals surface area contributed by atoms with E-state index >= 15 is 0 Å². The zero-order chi connectivity index (χ0) is 9.68. The summed E-state index contributed by atoms with van der Waals surface area (Å²) in [6.45, 7) is 0.626. The van der Waals surface area contributed by atoms with Crippen molar-refractivity contribution in [3.05, 3.63) is 11.9 Å². The number of nitrogens with zero attached hydrogens (tertiary/aromatic N) is 4. The van der Waals surface area contributed by atoms with Crippen LogP contribution in [0.25, 0.3) is 0 Å². The van der Waals surface area contributed by atoms with Crippen molar-refractivity contribution in [2.75, 3.05) is 14.1 Å². The molecule has 1 rings (SSSR count). The Balaban J connectivity index is 2.43. The molecule has 0 radical (unpaired) electrons. The zero-order valence-corrected chi connectivity index (χ0v) is 8.07. The van der Waals surface area contributed by atoms with Gasteiger partial charge in [0.1, 0.15) is 5.69 Å². The standard InChI is InChI=1S/C7H14N6/c1-8-7(9-2)10-4-6-5-11-13(3)12-6/h5H,4H2,1-3H3,(H2,8,9,10). The molecule has 13 heavy (non-hydrogen) atoms. The maximum absolute atomic E-state index is 4.11. The van der Waals surface area contributed by atoms with Crippen molar-refractivity contribution in [2.24, 2.45) is 12.0 Å². The summed E-state index contributed by atoms with van der Waals surface area (Å²) in [7, 11) is 5.32. The molecule has 0 unspecified atom stereocenters. The Hall–Kier alpha value is -1.59. The molecule has 0 aliphatic carbocycles. The number of hydrogen-bond donors (Lipinski definition) is 2. The summed E-state index contributed by atoms with van der Waals surface area (Å²) >= 11 is 0.